The van der Waals surface area contributed by atoms with Crippen molar-refractivity contribution in [2.24, 2.45) is 0 Å². The number of ether oxygens (including phenoxy) is 2. The fraction of sp³-hybridized carbons (Fsp3) is 0.250. The van der Waals surface area contributed by atoms with E-state index in [-0.39, 0.29) is 31.4 Å². The summed E-state index contributed by atoms with van der Waals surface area (Å²) in [5, 5.41) is 0. The van der Waals surface area contributed by atoms with E-state index in [1.54, 1.807) is 17.9 Å². The van der Waals surface area contributed by atoms with Crippen molar-refractivity contribution in [2.75, 3.05) is 11.4 Å². The van der Waals surface area contributed by atoms with E-state index < -0.39 is 6.10 Å². The highest BCUT2D eigenvalue weighted by Crippen LogP contribution is 2.33. The van der Waals surface area contributed by atoms with E-state index in [1.807, 2.05) is 42.5 Å². The molecule has 1 amide bonds. The van der Waals surface area contributed by atoms with Crippen LogP contribution in [0.3, 0.4) is 0 Å². The van der Waals surface area contributed by atoms with Crippen LogP contribution in [0.5, 0.6) is 5.75 Å². The van der Waals surface area contributed by atoms with E-state index in [1.165, 1.54) is 0 Å². The fourth-order valence-corrected chi connectivity index (χ4v) is 3.09. The number of rotatable bonds is 5. The monoisotopic (exact) mass is 365 g/mol. The minimum atomic E-state index is -0.577. The number of H-pyrrole nitrogens is 1. The third-order valence-electron chi connectivity index (χ3n) is 4.42. The van der Waals surface area contributed by atoms with E-state index >= 15 is 0 Å². The zero-order chi connectivity index (χ0) is 18.8. The summed E-state index contributed by atoms with van der Waals surface area (Å²) in [4.78, 5) is 33.6. The number of hydrogen-bond donors (Lipinski definition) is 1. The molecular weight excluding hydrogens is 346 g/mol. The van der Waals surface area contributed by atoms with Gasteiger partial charge in [0.1, 0.15) is 18.2 Å². The van der Waals surface area contributed by atoms with Crippen molar-refractivity contribution in [2.45, 2.75) is 26.1 Å². The van der Waals surface area contributed by atoms with Gasteiger partial charge in [-0.3, -0.25) is 9.59 Å². The van der Waals surface area contributed by atoms with Crippen molar-refractivity contribution >= 4 is 28.6 Å². The lowest BCUT2D eigenvalue weighted by Gasteiger charge is -2.32. The maximum absolute atomic E-state index is 12.4. The number of hydrogen-bond acceptors (Lipinski definition) is 5. The average Bonchev–Trinajstić information content (AvgIpc) is 3.10. The zero-order valence-electron chi connectivity index (χ0n) is 14.8. The summed E-state index contributed by atoms with van der Waals surface area (Å²) in [5.74, 6) is 0.671. The summed E-state index contributed by atoms with van der Waals surface area (Å²) >= 11 is 0. The molecule has 7 nitrogen and oxygen atoms in total. The lowest BCUT2D eigenvalue weighted by Crippen LogP contribution is -2.45. The van der Waals surface area contributed by atoms with E-state index in [2.05, 4.69) is 9.97 Å². The van der Waals surface area contributed by atoms with Crippen molar-refractivity contribution in [3.63, 3.8) is 0 Å². The maximum atomic E-state index is 12.4. The van der Waals surface area contributed by atoms with Crippen LogP contribution >= 0.6 is 0 Å². The zero-order valence-corrected chi connectivity index (χ0v) is 14.8. The van der Waals surface area contributed by atoms with Gasteiger partial charge in [0, 0.05) is 6.54 Å². The number of carbonyl (C=O) groups excluding carboxylic acids is 2. The number of esters is 1. The predicted molar refractivity (Wildman–Crippen MR) is 99.4 cm³/mol. The van der Waals surface area contributed by atoms with E-state index in [0.29, 0.717) is 17.3 Å². The fourth-order valence-electron chi connectivity index (χ4n) is 3.09. The molecule has 0 saturated heterocycles. The molecule has 1 aliphatic rings. The van der Waals surface area contributed by atoms with Crippen molar-refractivity contribution in [3.05, 3.63) is 54.4 Å². The second-order valence-corrected chi connectivity index (χ2v) is 6.33. The molecule has 0 aliphatic carbocycles. The molecule has 0 bridgehead atoms. The molecule has 3 aromatic rings. The molecular formula is C20H19N3O4. The first-order valence-corrected chi connectivity index (χ1v) is 8.78. The largest absolute Gasteiger partial charge is 0.479 e. The predicted octanol–water partition coefficient (Wildman–Crippen LogP) is 2.81. The topological polar surface area (TPSA) is 84.5 Å². The Morgan fingerprint density at radius 3 is 2.85 bits per heavy atom. The van der Waals surface area contributed by atoms with Gasteiger partial charge in [0.15, 0.2) is 6.10 Å². The number of aromatic nitrogens is 2. The number of nitrogens with zero attached hydrogens (tertiary/aromatic N) is 2. The summed E-state index contributed by atoms with van der Waals surface area (Å²) < 4.78 is 10.9. The number of aromatic amines is 1. The van der Waals surface area contributed by atoms with Crippen molar-refractivity contribution in [3.8, 4) is 5.75 Å². The Kier molecular flexibility index (Phi) is 4.50. The van der Waals surface area contributed by atoms with Gasteiger partial charge in [-0.1, -0.05) is 24.3 Å². The van der Waals surface area contributed by atoms with E-state index in [4.69, 9.17) is 9.47 Å². The molecule has 0 radical (unpaired) electrons. The van der Waals surface area contributed by atoms with Crippen molar-refractivity contribution < 1.29 is 19.1 Å². The molecule has 7 heteroatoms. The summed E-state index contributed by atoms with van der Waals surface area (Å²) in [6.45, 7) is 2.01. The number of anilines is 1. The number of amides is 1. The van der Waals surface area contributed by atoms with Crippen LogP contribution in [0.25, 0.3) is 11.0 Å². The first-order chi connectivity index (χ1) is 13.1. The Hall–Kier alpha value is -3.35. The van der Waals surface area contributed by atoms with Gasteiger partial charge in [-0.15, -0.1) is 0 Å². The molecule has 27 heavy (non-hydrogen) atoms. The Bertz CT molecular complexity index is 965. The summed E-state index contributed by atoms with van der Waals surface area (Å²) in [7, 11) is 0. The molecule has 138 valence electrons. The molecule has 1 N–H and O–H groups in total. The highest BCUT2D eigenvalue weighted by molar-refractivity contribution is 6.00. The van der Waals surface area contributed by atoms with Crippen LogP contribution in [0.15, 0.2) is 48.5 Å². The van der Waals surface area contributed by atoms with E-state index in [0.717, 1.165) is 11.0 Å². The number of benzene rings is 2. The molecule has 0 saturated carbocycles. The van der Waals surface area contributed by atoms with Gasteiger partial charge >= 0.3 is 5.97 Å². The number of nitrogens with one attached hydrogen (secondary N) is 1. The molecule has 0 fully saturated rings. The highest BCUT2D eigenvalue weighted by atomic mass is 16.5. The van der Waals surface area contributed by atoms with Crippen LogP contribution < -0.4 is 9.64 Å². The lowest BCUT2D eigenvalue weighted by molar-refractivity contribution is -0.145. The first-order valence-electron chi connectivity index (χ1n) is 8.78. The quantitative estimate of drug-likeness (QED) is 0.703. The van der Waals surface area contributed by atoms with E-state index in [9.17, 15) is 9.59 Å². The highest BCUT2D eigenvalue weighted by Gasteiger charge is 2.31. The molecule has 2 aromatic carbocycles. The van der Waals surface area contributed by atoms with Gasteiger partial charge in [0.25, 0.3) is 5.91 Å². The van der Waals surface area contributed by atoms with Gasteiger partial charge in [-0.2, -0.15) is 0 Å². The summed E-state index contributed by atoms with van der Waals surface area (Å²) in [5.41, 5.74) is 2.40. The Morgan fingerprint density at radius 1 is 1.22 bits per heavy atom. The minimum Gasteiger partial charge on any atom is -0.479 e. The number of imidazole rings is 1. The van der Waals surface area contributed by atoms with Gasteiger partial charge in [-0.25, -0.2) is 4.98 Å². The van der Waals surface area contributed by atoms with Crippen molar-refractivity contribution in [1.82, 2.24) is 9.97 Å². The lowest BCUT2D eigenvalue weighted by atomic mass is 10.2. The molecule has 2 heterocycles. The molecule has 1 aromatic heterocycles. The summed E-state index contributed by atoms with van der Waals surface area (Å²) in [6, 6.07) is 14.9. The van der Waals surface area contributed by atoms with Crippen LogP contribution in [0.1, 0.15) is 19.2 Å². The summed E-state index contributed by atoms with van der Waals surface area (Å²) in [6.07, 6.45) is -0.487. The number of para-hydroxylation sites is 4. The smallest absolute Gasteiger partial charge is 0.308 e. The molecule has 0 unspecified atom stereocenters. The molecule has 1 aliphatic heterocycles. The average molecular weight is 365 g/mol. The van der Waals surface area contributed by atoms with Gasteiger partial charge in [-0.05, 0) is 31.2 Å². The number of fused-ring (bicyclic) bond motifs is 2. The van der Waals surface area contributed by atoms with Crippen LogP contribution in [-0.4, -0.2) is 34.5 Å². The van der Waals surface area contributed by atoms with Crippen molar-refractivity contribution in [1.29, 1.82) is 0 Å². The second-order valence-electron chi connectivity index (χ2n) is 6.33. The standard InChI is InChI=1S/C20H19N3O4/c1-13-20(25)23(16-8-4-5-9-17(16)27-13)11-10-19(24)26-12-18-21-14-6-2-3-7-15(14)22-18/h2-9,13H,10-12H2,1H3,(H,21,22)/t13-/m1/s1. The van der Waals surface area contributed by atoms with Gasteiger partial charge in [0.05, 0.1) is 23.1 Å². The molecule has 0 spiro atoms. The van der Waals surface area contributed by atoms with Crippen LogP contribution in [0.2, 0.25) is 0 Å². The Labute approximate surface area is 155 Å². The first kappa shape index (κ1) is 17.1. The second kappa shape index (κ2) is 7.11. The van der Waals surface area contributed by atoms with Crippen LogP contribution in [0.4, 0.5) is 5.69 Å². The third kappa shape index (κ3) is 3.48. The Balaban J connectivity index is 1.37. The van der Waals surface area contributed by atoms with Gasteiger partial charge < -0.3 is 19.4 Å². The normalized spacial score (nSPS) is 16.1. The van der Waals surface area contributed by atoms with Crippen LogP contribution in [-0.2, 0) is 20.9 Å². The maximum Gasteiger partial charge on any atom is 0.308 e. The molecule has 1 atom stereocenters. The Morgan fingerprint density at radius 2 is 2.00 bits per heavy atom. The third-order valence-corrected chi connectivity index (χ3v) is 4.42. The van der Waals surface area contributed by atoms with Crippen LogP contribution in [0, 0.1) is 0 Å². The van der Waals surface area contributed by atoms with Gasteiger partial charge in [0.2, 0.25) is 0 Å². The SMILES string of the molecule is C[C@H]1Oc2ccccc2N(CCC(=O)OCc2nc3ccccc3[nH]2)C1=O. The minimum absolute atomic E-state index is 0.0670. The molecule has 4 rings (SSSR count). The number of carbonyl (C=O) groups is 2.